The summed E-state index contributed by atoms with van der Waals surface area (Å²) >= 11 is 6.06. The Hall–Kier alpha value is -2.40. The average molecular weight is 288 g/mol. The van der Waals surface area contributed by atoms with Crippen molar-refractivity contribution in [3.8, 4) is 28.7 Å². The zero-order valence-electron chi connectivity index (χ0n) is 10.5. The number of pyridine rings is 1. The molecular weight excluding hydrogens is 278 g/mol. The number of benzene rings is 1. The number of aromatic hydroxyl groups is 1. The summed E-state index contributed by atoms with van der Waals surface area (Å²) in [6.07, 6.45) is 1.67. The van der Waals surface area contributed by atoms with Crippen molar-refractivity contribution in [1.82, 2.24) is 15.1 Å². The molecule has 1 N–H and O–H groups in total. The number of hydrogen-bond donors (Lipinski definition) is 1. The Morgan fingerprint density at radius 1 is 1.25 bits per heavy atom. The van der Waals surface area contributed by atoms with Crippen LogP contribution in [0.1, 0.15) is 5.56 Å². The lowest BCUT2D eigenvalue weighted by atomic mass is 10.2. The molecule has 0 unspecified atom stereocenters. The number of phenols is 1. The molecule has 3 rings (SSSR count). The third kappa shape index (κ3) is 2.23. The molecule has 6 heteroatoms. The molecule has 0 saturated heterocycles. The van der Waals surface area contributed by atoms with E-state index in [2.05, 4.69) is 15.1 Å². The van der Waals surface area contributed by atoms with Crippen LogP contribution >= 0.6 is 11.6 Å². The minimum absolute atomic E-state index is 0.0816. The molecule has 0 fully saturated rings. The number of halogens is 1. The Balaban J connectivity index is 2.07. The molecule has 100 valence electrons. The summed E-state index contributed by atoms with van der Waals surface area (Å²) in [4.78, 5) is 8.51. The lowest BCUT2D eigenvalue weighted by Gasteiger charge is -1.99. The molecule has 0 saturated carbocycles. The Labute approximate surface area is 119 Å². The number of phenolic OH excluding ortho intramolecular Hbond substituents is 1. The van der Waals surface area contributed by atoms with E-state index in [1.54, 1.807) is 12.3 Å². The summed E-state index contributed by atoms with van der Waals surface area (Å²) in [7, 11) is 0. The van der Waals surface area contributed by atoms with E-state index in [-0.39, 0.29) is 11.6 Å². The minimum atomic E-state index is 0.0816. The molecule has 2 heterocycles. The van der Waals surface area contributed by atoms with Gasteiger partial charge in [0.05, 0.1) is 10.6 Å². The zero-order valence-corrected chi connectivity index (χ0v) is 11.3. The highest BCUT2D eigenvalue weighted by atomic mass is 35.5. The number of rotatable bonds is 2. The Morgan fingerprint density at radius 3 is 2.90 bits per heavy atom. The molecule has 3 aromatic rings. The van der Waals surface area contributed by atoms with Gasteiger partial charge in [-0.2, -0.15) is 4.98 Å². The normalized spacial score (nSPS) is 10.7. The molecule has 0 bridgehead atoms. The number of aryl methyl sites for hydroxylation is 1. The maximum absolute atomic E-state index is 9.51. The predicted octanol–water partition coefficient (Wildman–Crippen LogP) is 3.47. The van der Waals surface area contributed by atoms with E-state index in [0.29, 0.717) is 22.1 Å². The molecule has 2 aromatic heterocycles. The summed E-state index contributed by atoms with van der Waals surface area (Å²) in [5.74, 6) is 0.710. The molecule has 20 heavy (non-hydrogen) atoms. The van der Waals surface area contributed by atoms with Crippen molar-refractivity contribution in [1.29, 1.82) is 0 Å². The summed E-state index contributed by atoms with van der Waals surface area (Å²) in [5.41, 5.74) is 2.08. The van der Waals surface area contributed by atoms with Gasteiger partial charge in [0, 0.05) is 6.20 Å². The summed E-state index contributed by atoms with van der Waals surface area (Å²) < 4.78 is 5.20. The fraction of sp³-hybridized carbons (Fsp3) is 0.0714. The summed E-state index contributed by atoms with van der Waals surface area (Å²) in [6.45, 7) is 1.92. The maximum Gasteiger partial charge on any atom is 0.259 e. The van der Waals surface area contributed by atoms with Crippen LogP contribution in [0.5, 0.6) is 5.75 Å². The van der Waals surface area contributed by atoms with Crippen molar-refractivity contribution in [2.45, 2.75) is 6.92 Å². The van der Waals surface area contributed by atoms with Crippen LogP contribution in [-0.2, 0) is 0 Å². The second-order valence-corrected chi connectivity index (χ2v) is 4.66. The molecule has 1 aromatic carbocycles. The van der Waals surface area contributed by atoms with E-state index >= 15 is 0 Å². The van der Waals surface area contributed by atoms with Gasteiger partial charge >= 0.3 is 0 Å². The molecule has 0 aliphatic heterocycles. The van der Waals surface area contributed by atoms with Crippen LogP contribution in [-0.4, -0.2) is 20.2 Å². The van der Waals surface area contributed by atoms with Gasteiger partial charge in [-0.1, -0.05) is 22.8 Å². The standard InChI is InChI=1S/C14H10ClN3O2/c1-8-3-2-6-16-12(8)13-17-14(20-18-13)10-7-9(19)4-5-11(10)15/h2-7,19H,1H3. The molecule has 5 nitrogen and oxygen atoms in total. The monoisotopic (exact) mass is 287 g/mol. The van der Waals surface area contributed by atoms with Gasteiger partial charge in [0.1, 0.15) is 11.4 Å². The van der Waals surface area contributed by atoms with Crippen LogP contribution in [0.4, 0.5) is 0 Å². The first kappa shape index (κ1) is 12.6. The van der Waals surface area contributed by atoms with Crippen molar-refractivity contribution in [3.63, 3.8) is 0 Å². The smallest absolute Gasteiger partial charge is 0.259 e. The Bertz CT molecular complexity index is 771. The second kappa shape index (κ2) is 4.94. The van der Waals surface area contributed by atoms with Crippen LogP contribution < -0.4 is 0 Å². The molecule has 0 spiro atoms. The van der Waals surface area contributed by atoms with Gasteiger partial charge in [0.15, 0.2) is 0 Å². The van der Waals surface area contributed by atoms with Gasteiger partial charge in [-0.15, -0.1) is 0 Å². The first-order valence-electron chi connectivity index (χ1n) is 5.90. The van der Waals surface area contributed by atoms with Gasteiger partial charge in [-0.3, -0.25) is 4.98 Å². The average Bonchev–Trinajstić information content (AvgIpc) is 2.91. The fourth-order valence-electron chi connectivity index (χ4n) is 1.83. The van der Waals surface area contributed by atoms with E-state index in [4.69, 9.17) is 16.1 Å². The van der Waals surface area contributed by atoms with Crippen molar-refractivity contribution < 1.29 is 9.63 Å². The van der Waals surface area contributed by atoms with Crippen LogP contribution in [0.15, 0.2) is 41.1 Å². The van der Waals surface area contributed by atoms with Crippen LogP contribution in [0.2, 0.25) is 5.02 Å². The zero-order chi connectivity index (χ0) is 14.1. The third-order valence-electron chi connectivity index (χ3n) is 2.83. The molecule has 0 radical (unpaired) electrons. The highest BCUT2D eigenvalue weighted by Crippen LogP contribution is 2.31. The molecule has 0 aliphatic rings. The van der Waals surface area contributed by atoms with Gasteiger partial charge in [0.2, 0.25) is 5.82 Å². The second-order valence-electron chi connectivity index (χ2n) is 4.26. The van der Waals surface area contributed by atoms with Gasteiger partial charge in [0.25, 0.3) is 5.89 Å². The van der Waals surface area contributed by atoms with E-state index in [1.807, 2.05) is 19.1 Å². The Kier molecular flexibility index (Phi) is 3.12. The van der Waals surface area contributed by atoms with Crippen LogP contribution in [0.25, 0.3) is 23.0 Å². The quantitative estimate of drug-likeness (QED) is 0.781. The van der Waals surface area contributed by atoms with Gasteiger partial charge in [-0.25, -0.2) is 0 Å². The molecule has 0 atom stereocenters. The molecule has 0 amide bonds. The largest absolute Gasteiger partial charge is 0.508 e. The van der Waals surface area contributed by atoms with Gasteiger partial charge < -0.3 is 9.63 Å². The van der Waals surface area contributed by atoms with Crippen molar-refractivity contribution >= 4 is 11.6 Å². The number of nitrogens with zero attached hydrogens (tertiary/aromatic N) is 3. The lowest BCUT2D eigenvalue weighted by molar-refractivity contribution is 0.431. The Morgan fingerprint density at radius 2 is 2.10 bits per heavy atom. The van der Waals surface area contributed by atoms with E-state index in [9.17, 15) is 5.11 Å². The number of aromatic nitrogens is 3. The van der Waals surface area contributed by atoms with E-state index < -0.39 is 0 Å². The topological polar surface area (TPSA) is 72.0 Å². The number of hydrogen-bond acceptors (Lipinski definition) is 5. The maximum atomic E-state index is 9.51. The first-order chi connectivity index (χ1) is 9.65. The predicted molar refractivity (Wildman–Crippen MR) is 74.4 cm³/mol. The minimum Gasteiger partial charge on any atom is -0.508 e. The fourth-order valence-corrected chi connectivity index (χ4v) is 2.02. The molecular formula is C14H10ClN3O2. The lowest BCUT2D eigenvalue weighted by Crippen LogP contribution is -1.89. The van der Waals surface area contributed by atoms with Crippen molar-refractivity contribution in [3.05, 3.63) is 47.1 Å². The van der Waals surface area contributed by atoms with Crippen LogP contribution in [0, 0.1) is 6.92 Å². The summed E-state index contributed by atoms with van der Waals surface area (Å²) in [5, 5.41) is 13.8. The van der Waals surface area contributed by atoms with Crippen molar-refractivity contribution in [2.75, 3.05) is 0 Å². The van der Waals surface area contributed by atoms with Crippen LogP contribution in [0.3, 0.4) is 0 Å². The molecule has 0 aliphatic carbocycles. The van der Waals surface area contributed by atoms with E-state index in [1.165, 1.54) is 12.1 Å². The highest BCUT2D eigenvalue weighted by molar-refractivity contribution is 6.33. The first-order valence-corrected chi connectivity index (χ1v) is 6.27. The van der Waals surface area contributed by atoms with Gasteiger partial charge in [-0.05, 0) is 36.8 Å². The van der Waals surface area contributed by atoms with Crippen molar-refractivity contribution in [2.24, 2.45) is 0 Å². The SMILES string of the molecule is Cc1cccnc1-c1noc(-c2cc(O)ccc2Cl)n1. The summed E-state index contributed by atoms with van der Waals surface area (Å²) in [6, 6.07) is 8.30. The highest BCUT2D eigenvalue weighted by Gasteiger charge is 2.15. The third-order valence-corrected chi connectivity index (χ3v) is 3.16. The van der Waals surface area contributed by atoms with E-state index in [0.717, 1.165) is 5.56 Å².